The summed E-state index contributed by atoms with van der Waals surface area (Å²) >= 11 is 0. The van der Waals surface area contributed by atoms with Gasteiger partial charge < -0.3 is 10.4 Å². The minimum Gasteiger partial charge on any atom is -0.396 e. The zero-order valence-corrected chi connectivity index (χ0v) is 11.7. The highest BCUT2D eigenvalue weighted by atomic mass is 16.3. The molecule has 3 nitrogen and oxygen atoms in total. The number of amides is 1. The molecule has 1 rings (SSSR count). The third kappa shape index (κ3) is 6.77. The second-order valence-corrected chi connectivity index (χ2v) is 4.97. The number of carbonyl (C=O) groups excluding carboxylic acids is 1. The number of nitrogens with one attached hydrogen (secondary N) is 1. The number of rotatable bonds is 7. The predicted molar refractivity (Wildman–Crippen MR) is 78.7 cm³/mol. The highest BCUT2D eigenvalue weighted by molar-refractivity contribution is 5.91. The summed E-state index contributed by atoms with van der Waals surface area (Å²) < 4.78 is 0. The molecule has 0 radical (unpaired) electrons. The molecule has 2 N–H and O–H groups in total. The third-order valence-corrected chi connectivity index (χ3v) is 2.99. The monoisotopic (exact) mass is 261 g/mol. The lowest BCUT2D eigenvalue weighted by Gasteiger charge is -2.07. The summed E-state index contributed by atoms with van der Waals surface area (Å²) in [5, 5.41) is 11.7. The molecule has 19 heavy (non-hydrogen) atoms. The van der Waals surface area contributed by atoms with Gasteiger partial charge in [-0.3, -0.25) is 4.79 Å². The topological polar surface area (TPSA) is 49.3 Å². The van der Waals surface area contributed by atoms with E-state index in [2.05, 4.69) is 5.32 Å². The second kappa shape index (κ2) is 8.48. The Morgan fingerprint density at radius 1 is 1.37 bits per heavy atom. The van der Waals surface area contributed by atoms with E-state index in [1.807, 2.05) is 44.2 Å². The molecule has 1 amide bonds. The van der Waals surface area contributed by atoms with E-state index in [9.17, 15) is 4.79 Å². The fourth-order valence-corrected chi connectivity index (χ4v) is 1.66. The first-order chi connectivity index (χ1) is 9.11. The van der Waals surface area contributed by atoms with Crippen molar-refractivity contribution in [2.75, 3.05) is 13.2 Å². The van der Waals surface area contributed by atoms with Crippen LogP contribution in [0, 0.1) is 12.8 Å². The lowest BCUT2D eigenvalue weighted by atomic mass is 10.1. The molecule has 0 fully saturated rings. The molecule has 0 aromatic heterocycles. The first kappa shape index (κ1) is 15.4. The van der Waals surface area contributed by atoms with Crippen LogP contribution in [-0.4, -0.2) is 24.2 Å². The smallest absolute Gasteiger partial charge is 0.243 e. The predicted octanol–water partition coefficient (Wildman–Crippen LogP) is 2.53. The van der Waals surface area contributed by atoms with Gasteiger partial charge in [0.25, 0.3) is 0 Å². The largest absolute Gasteiger partial charge is 0.396 e. The molecule has 0 aliphatic rings. The van der Waals surface area contributed by atoms with Gasteiger partial charge in [0.2, 0.25) is 5.91 Å². The summed E-state index contributed by atoms with van der Waals surface area (Å²) in [6.45, 7) is 4.90. The van der Waals surface area contributed by atoms with Crippen molar-refractivity contribution >= 4 is 12.0 Å². The van der Waals surface area contributed by atoms with Crippen molar-refractivity contribution in [2.24, 2.45) is 5.92 Å². The van der Waals surface area contributed by atoms with Crippen molar-refractivity contribution in [3.63, 3.8) is 0 Å². The fraction of sp³-hybridized carbons (Fsp3) is 0.438. The van der Waals surface area contributed by atoms with Crippen LogP contribution in [-0.2, 0) is 4.79 Å². The van der Waals surface area contributed by atoms with Crippen LogP contribution < -0.4 is 5.32 Å². The van der Waals surface area contributed by atoms with Crippen molar-refractivity contribution in [1.82, 2.24) is 5.32 Å². The first-order valence-electron chi connectivity index (χ1n) is 6.75. The molecule has 1 unspecified atom stereocenters. The van der Waals surface area contributed by atoms with Crippen molar-refractivity contribution < 1.29 is 9.90 Å². The summed E-state index contributed by atoms with van der Waals surface area (Å²) in [6.07, 6.45) is 5.19. The van der Waals surface area contributed by atoms with Crippen LogP contribution in [0.3, 0.4) is 0 Å². The number of aliphatic hydroxyl groups is 1. The van der Waals surface area contributed by atoms with Crippen molar-refractivity contribution in [2.45, 2.75) is 26.7 Å². The van der Waals surface area contributed by atoms with Gasteiger partial charge in [-0.15, -0.1) is 0 Å². The average molecular weight is 261 g/mol. The van der Waals surface area contributed by atoms with Crippen LogP contribution in [0.2, 0.25) is 0 Å². The van der Waals surface area contributed by atoms with Gasteiger partial charge in [0.05, 0.1) is 0 Å². The Hall–Kier alpha value is -1.61. The Morgan fingerprint density at radius 2 is 2.05 bits per heavy atom. The standard InChI is InChI=1S/C16H23NO2/c1-13-5-7-15(8-6-13)9-10-16(19)17-11-3-4-14(2)12-18/h5-10,14,18H,3-4,11-12H2,1-2H3,(H,17,19)/b10-9+. The molecule has 104 valence electrons. The molecule has 0 aliphatic carbocycles. The Bertz CT molecular complexity index is 409. The summed E-state index contributed by atoms with van der Waals surface area (Å²) in [6, 6.07) is 8.02. The Morgan fingerprint density at radius 3 is 2.68 bits per heavy atom. The van der Waals surface area contributed by atoms with Crippen LogP contribution in [0.1, 0.15) is 30.9 Å². The maximum absolute atomic E-state index is 11.6. The van der Waals surface area contributed by atoms with E-state index in [-0.39, 0.29) is 12.5 Å². The van der Waals surface area contributed by atoms with Gasteiger partial charge in [0, 0.05) is 19.2 Å². The lowest BCUT2D eigenvalue weighted by Crippen LogP contribution is -2.22. The maximum Gasteiger partial charge on any atom is 0.243 e. The van der Waals surface area contributed by atoms with E-state index in [1.165, 1.54) is 5.56 Å². The number of hydrogen-bond donors (Lipinski definition) is 2. The quantitative estimate of drug-likeness (QED) is 0.585. The Labute approximate surface area is 115 Å². The molecule has 1 aromatic rings. The van der Waals surface area contributed by atoms with Gasteiger partial charge in [-0.1, -0.05) is 36.8 Å². The molecule has 0 spiro atoms. The molecule has 0 aliphatic heterocycles. The molecule has 1 atom stereocenters. The molecule has 3 heteroatoms. The van der Waals surface area contributed by atoms with E-state index in [4.69, 9.17) is 5.11 Å². The van der Waals surface area contributed by atoms with Gasteiger partial charge in [0.15, 0.2) is 0 Å². The number of benzene rings is 1. The van der Waals surface area contributed by atoms with Crippen LogP contribution in [0.4, 0.5) is 0 Å². The van der Waals surface area contributed by atoms with Gasteiger partial charge in [-0.2, -0.15) is 0 Å². The second-order valence-electron chi connectivity index (χ2n) is 4.97. The van der Waals surface area contributed by atoms with Gasteiger partial charge in [-0.05, 0) is 37.3 Å². The SMILES string of the molecule is Cc1ccc(/C=C/C(=O)NCCCC(C)CO)cc1. The third-order valence-electron chi connectivity index (χ3n) is 2.99. The molecule has 1 aromatic carbocycles. The molecular weight excluding hydrogens is 238 g/mol. The highest BCUT2D eigenvalue weighted by Crippen LogP contribution is 2.05. The highest BCUT2D eigenvalue weighted by Gasteiger charge is 2.00. The Balaban J connectivity index is 2.25. The summed E-state index contributed by atoms with van der Waals surface area (Å²) in [4.78, 5) is 11.6. The average Bonchev–Trinajstić information content (AvgIpc) is 2.42. The zero-order valence-electron chi connectivity index (χ0n) is 11.7. The van der Waals surface area contributed by atoms with Gasteiger partial charge >= 0.3 is 0 Å². The van der Waals surface area contributed by atoms with Gasteiger partial charge in [-0.25, -0.2) is 0 Å². The van der Waals surface area contributed by atoms with Crippen LogP contribution in [0.25, 0.3) is 6.08 Å². The summed E-state index contributed by atoms with van der Waals surface area (Å²) in [5.74, 6) is 0.234. The minimum absolute atomic E-state index is 0.0720. The van der Waals surface area contributed by atoms with Crippen LogP contribution in [0.5, 0.6) is 0 Å². The molecule has 0 saturated heterocycles. The van der Waals surface area contributed by atoms with Crippen LogP contribution in [0.15, 0.2) is 30.3 Å². The molecule has 0 heterocycles. The van der Waals surface area contributed by atoms with Crippen molar-refractivity contribution in [1.29, 1.82) is 0 Å². The molecular formula is C16H23NO2. The number of hydrogen-bond acceptors (Lipinski definition) is 2. The van der Waals surface area contributed by atoms with Gasteiger partial charge in [0.1, 0.15) is 0 Å². The lowest BCUT2D eigenvalue weighted by molar-refractivity contribution is -0.116. The molecule has 0 bridgehead atoms. The normalized spacial score (nSPS) is 12.6. The van der Waals surface area contributed by atoms with E-state index in [0.29, 0.717) is 12.5 Å². The van der Waals surface area contributed by atoms with E-state index in [1.54, 1.807) is 6.08 Å². The summed E-state index contributed by atoms with van der Waals surface area (Å²) in [7, 11) is 0. The summed E-state index contributed by atoms with van der Waals surface area (Å²) in [5.41, 5.74) is 2.23. The van der Waals surface area contributed by atoms with Crippen molar-refractivity contribution in [3.05, 3.63) is 41.5 Å². The minimum atomic E-state index is -0.0720. The van der Waals surface area contributed by atoms with E-state index in [0.717, 1.165) is 18.4 Å². The molecule has 0 saturated carbocycles. The van der Waals surface area contributed by atoms with E-state index >= 15 is 0 Å². The Kier molecular flexibility index (Phi) is 6.90. The first-order valence-corrected chi connectivity index (χ1v) is 6.75. The number of aliphatic hydroxyl groups excluding tert-OH is 1. The maximum atomic E-state index is 11.6. The number of carbonyl (C=O) groups is 1. The zero-order chi connectivity index (χ0) is 14.1. The van der Waals surface area contributed by atoms with Crippen molar-refractivity contribution in [3.8, 4) is 0 Å². The fourth-order valence-electron chi connectivity index (χ4n) is 1.66. The number of aryl methyl sites for hydroxylation is 1. The van der Waals surface area contributed by atoms with E-state index < -0.39 is 0 Å². The van der Waals surface area contributed by atoms with Crippen LogP contribution >= 0.6 is 0 Å².